The van der Waals surface area contributed by atoms with Gasteiger partial charge >= 0.3 is 12.1 Å². The summed E-state index contributed by atoms with van der Waals surface area (Å²) in [6.07, 6.45) is -0.0720. The monoisotopic (exact) mass is 463 g/mol. The van der Waals surface area contributed by atoms with Crippen molar-refractivity contribution < 1.29 is 24.2 Å². The lowest BCUT2D eigenvalue weighted by Gasteiger charge is -2.23. The molecule has 1 unspecified atom stereocenters. The molecule has 176 valence electrons. The second-order valence-electron chi connectivity index (χ2n) is 8.11. The van der Waals surface area contributed by atoms with Crippen LogP contribution in [0.5, 0.6) is 0 Å². The van der Waals surface area contributed by atoms with Crippen LogP contribution in [0.1, 0.15) is 29.3 Å². The van der Waals surface area contributed by atoms with Crippen LogP contribution in [0.3, 0.4) is 0 Å². The molecular weight excluding hydrogens is 438 g/mol. The first kappa shape index (κ1) is 23.0. The third-order valence-corrected chi connectivity index (χ3v) is 5.87. The number of hydrogen-bond acceptors (Lipinski definition) is 6. The van der Waals surface area contributed by atoms with E-state index in [0.29, 0.717) is 5.82 Å². The molecule has 1 aliphatic carbocycles. The zero-order chi connectivity index (χ0) is 24.2. The lowest BCUT2D eigenvalue weighted by Crippen LogP contribution is -2.48. The van der Waals surface area contributed by atoms with Crippen LogP contribution < -0.4 is 5.32 Å². The van der Waals surface area contributed by atoms with Gasteiger partial charge in [0, 0.05) is 20.0 Å². The van der Waals surface area contributed by atoms with Gasteiger partial charge in [0.2, 0.25) is 5.91 Å². The van der Waals surface area contributed by atoms with Crippen LogP contribution in [0.25, 0.3) is 11.1 Å². The highest BCUT2D eigenvalue weighted by atomic mass is 16.5. The maximum absolute atomic E-state index is 12.9. The molecule has 1 heterocycles. The van der Waals surface area contributed by atoms with Crippen molar-refractivity contribution in [2.45, 2.75) is 24.9 Å². The van der Waals surface area contributed by atoms with Crippen molar-refractivity contribution in [3.63, 3.8) is 0 Å². The molecule has 0 radical (unpaired) electrons. The van der Waals surface area contributed by atoms with E-state index in [2.05, 4.69) is 15.4 Å². The van der Waals surface area contributed by atoms with Crippen molar-refractivity contribution in [2.24, 2.45) is 7.05 Å². The summed E-state index contributed by atoms with van der Waals surface area (Å²) in [6.45, 7) is 0.167. The van der Waals surface area contributed by atoms with E-state index >= 15 is 0 Å². The predicted octanol–water partition coefficient (Wildman–Crippen LogP) is 2.16. The number of ether oxygens (including phenoxy) is 1. The molecule has 1 aliphatic rings. The first-order chi connectivity index (χ1) is 16.3. The minimum atomic E-state index is -1.29. The van der Waals surface area contributed by atoms with Gasteiger partial charge in [-0.2, -0.15) is 5.10 Å². The van der Waals surface area contributed by atoms with Crippen molar-refractivity contribution in [3.05, 3.63) is 71.8 Å². The Labute approximate surface area is 196 Å². The van der Waals surface area contributed by atoms with Crippen LogP contribution in [0.15, 0.2) is 54.9 Å². The van der Waals surface area contributed by atoms with E-state index < -0.39 is 30.4 Å². The Morgan fingerprint density at radius 3 is 2.29 bits per heavy atom. The van der Waals surface area contributed by atoms with Crippen molar-refractivity contribution in [2.75, 3.05) is 13.7 Å². The molecule has 34 heavy (non-hydrogen) atoms. The van der Waals surface area contributed by atoms with Crippen LogP contribution >= 0.6 is 0 Å². The van der Waals surface area contributed by atoms with Gasteiger partial charge in [0.05, 0.1) is 13.0 Å². The van der Waals surface area contributed by atoms with E-state index in [1.165, 1.54) is 23.0 Å². The number of nitrogens with one attached hydrogen (secondary N) is 1. The maximum Gasteiger partial charge on any atom is 0.407 e. The number of carbonyl (C=O) groups excluding carboxylic acids is 2. The average molecular weight is 463 g/mol. The van der Waals surface area contributed by atoms with E-state index in [1.54, 1.807) is 7.05 Å². The molecule has 0 saturated heterocycles. The number of amides is 2. The number of carboxylic acids is 1. The van der Waals surface area contributed by atoms with E-state index in [1.807, 2.05) is 48.5 Å². The van der Waals surface area contributed by atoms with Crippen LogP contribution in [-0.4, -0.2) is 62.4 Å². The number of nitrogens with zero attached hydrogens (tertiary/aromatic N) is 4. The Hall–Kier alpha value is -4.21. The fraction of sp³-hybridized carbons (Fsp3) is 0.292. The van der Waals surface area contributed by atoms with Crippen LogP contribution in [0.4, 0.5) is 4.79 Å². The number of carboxylic acid groups (broad SMARTS) is 1. The summed E-state index contributed by atoms with van der Waals surface area (Å²) in [6, 6.07) is 14.6. The topological polar surface area (TPSA) is 127 Å². The molecular formula is C24H25N5O5. The SMILES string of the molecule is CN(Cc1ncnn1C)C(=O)C(CC(=O)O)NC(=O)OCC1c2ccccc2-c2ccccc21. The molecule has 0 fully saturated rings. The molecule has 2 N–H and O–H groups in total. The Morgan fingerprint density at radius 2 is 1.74 bits per heavy atom. The summed E-state index contributed by atoms with van der Waals surface area (Å²) >= 11 is 0. The first-order valence-electron chi connectivity index (χ1n) is 10.8. The minimum Gasteiger partial charge on any atom is -0.481 e. The smallest absolute Gasteiger partial charge is 0.407 e. The number of aliphatic carboxylic acids is 1. The van der Waals surface area contributed by atoms with E-state index in [-0.39, 0.29) is 19.1 Å². The number of benzene rings is 2. The molecule has 2 amide bonds. The Kier molecular flexibility index (Phi) is 6.58. The van der Waals surface area contributed by atoms with Crippen molar-refractivity contribution in [3.8, 4) is 11.1 Å². The highest BCUT2D eigenvalue weighted by Gasteiger charge is 2.31. The molecule has 1 aromatic heterocycles. The molecule has 2 aromatic carbocycles. The Morgan fingerprint density at radius 1 is 1.12 bits per heavy atom. The van der Waals surface area contributed by atoms with Gasteiger partial charge in [-0.3, -0.25) is 14.3 Å². The van der Waals surface area contributed by atoms with Gasteiger partial charge in [0.15, 0.2) is 0 Å². The van der Waals surface area contributed by atoms with Gasteiger partial charge in [-0.05, 0) is 22.3 Å². The summed E-state index contributed by atoms with van der Waals surface area (Å²) in [5.41, 5.74) is 4.30. The highest BCUT2D eigenvalue weighted by molar-refractivity contribution is 5.89. The predicted molar refractivity (Wildman–Crippen MR) is 122 cm³/mol. The molecule has 1 atom stereocenters. The lowest BCUT2D eigenvalue weighted by atomic mass is 9.98. The summed E-state index contributed by atoms with van der Waals surface area (Å²) in [4.78, 5) is 42.2. The molecule has 0 saturated carbocycles. The molecule has 10 heteroatoms. The number of alkyl carbamates (subject to hydrolysis) is 1. The normalized spacial score (nSPS) is 13.0. The van der Waals surface area contributed by atoms with Crippen molar-refractivity contribution in [1.82, 2.24) is 25.0 Å². The number of likely N-dealkylation sites (N-methyl/N-ethyl adjacent to an activating group) is 1. The molecule has 0 aliphatic heterocycles. The number of rotatable bonds is 8. The number of carbonyl (C=O) groups is 3. The van der Waals surface area contributed by atoms with Gasteiger partial charge in [-0.1, -0.05) is 48.5 Å². The third-order valence-electron chi connectivity index (χ3n) is 5.87. The number of fused-ring (bicyclic) bond motifs is 3. The van der Waals surface area contributed by atoms with Gasteiger partial charge in [-0.15, -0.1) is 0 Å². The molecule has 0 spiro atoms. The Bertz CT molecular complexity index is 1180. The summed E-state index contributed by atoms with van der Waals surface area (Å²) in [7, 11) is 3.19. The number of hydrogen-bond donors (Lipinski definition) is 2. The zero-order valence-electron chi connectivity index (χ0n) is 18.8. The number of aryl methyl sites for hydroxylation is 1. The van der Waals surface area contributed by atoms with Gasteiger partial charge in [-0.25, -0.2) is 9.78 Å². The maximum atomic E-state index is 12.9. The zero-order valence-corrected chi connectivity index (χ0v) is 18.8. The number of aromatic nitrogens is 3. The second kappa shape index (κ2) is 9.74. The summed E-state index contributed by atoms with van der Waals surface area (Å²) < 4.78 is 6.98. The molecule has 4 rings (SSSR count). The Balaban J connectivity index is 1.42. The fourth-order valence-corrected chi connectivity index (χ4v) is 4.18. The molecule has 10 nitrogen and oxygen atoms in total. The third kappa shape index (κ3) is 4.75. The van der Waals surface area contributed by atoms with Gasteiger partial charge < -0.3 is 20.1 Å². The lowest BCUT2D eigenvalue weighted by molar-refractivity contribution is -0.142. The van der Waals surface area contributed by atoms with Crippen LogP contribution in [0.2, 0.25) is 0 Å². The first-order valence-corrected chi connectivity index (χ1v) is 10.8. The second-order valence-corrected chi connectivity index (χ2v) is 8.11. The fourth-order valence-electron chi connectivity index (χ4n) is 4.18. The van der Waals surface area contributed by atoms with Crippen LogP contribution in [-0.2, 0) is 27.9 Å². The van der Waals surface area contributed by atoms with Crippen molar-refractivity contribution in [1.29, 1.82) is 0 Å². The summed E-state index contributed by atoms with van der Waals surface area (Å²) in [5.74, 6) is -1.42. The minimum absolute atomic E-state index is 0.0582. The quantitative estimate of drug-likeness (QED) is 0.524. The van der Waals surface area contributed by atoms with E-state index in [0.717, 1.165) is 22.3 Å². The highest BCUT2D eigenvalue weighted by Crippen LogP contribution is 2.44. The van der Waals surface area contributed by atoms with Crippen molar-refractivity contribution >= 4 is 18.0 Å². The van der Waals surface area contributed by atoms with Gasteiger partial charge in [0.25, 0.3) is 0 Å². The molecule has 0 bridgehead atoms. The average Bonchev–Trinajstić information content (AvgIpc) is 3.37. The largest absolute Gasteiger partial charge is 0.481 e. The summed E-state index contributed by atoms with van der Waals surface area (Å²) in [5, 5.41) is 15.6. The van der Waals surface area contributed by atoms with Crippen LogP contribution in [0, 0.1) is 0 Å². The van der Waals surface area contributed by atoms with E-state index in [9.17, 15) is 19.5 Å². The standard InChI is InChI=1S/C24H25N5O5/c1-28(12-21-25-14-26-29(21)2)23(32)20(11-22(30)31)27-24(33)34-13-19-17-9-5-3-7-15(17)16-8-4-6-10-18(16)19/h3-10,14,19-20H,11-13H2,1-2H3,(H,27,33)(H,30,31). The van der Waals surface area contributed by atoms with Gasteiger partial charge in [0.1, 0.15) is 24.8 Å². The molecule has 3 aromatic rings. The van der Waals surface area contributed by atoms with E-state index in [4.69, 9.17) is 4.74 Å².